The number of hydrogen-bond donors (Lipinski definition) is 3. The van der Waals surface area contributed by atoms with Gasteiger partial charge in [0.05, 0.1) is 112 Å². The fourth-order valence-electron chi connectivity index (χ4n) is 2.12. The number of carbonyl (C=O) groups is 2. The van der Waals surface area contributed by atoms with Gasteiger partial charge in [0, 0.05) is 6.54 Å². The molecule has 0 aliphatic carbocycles. The van der Waals surface area contributed by atoms with Crippen molar-refractivity contribution >= 4 is 11.9 Å². The van der Waals surface area contributed by atoms with Crippen LogP contribution in [0.1, 0.15) is 6.42 Å². The van der Waals surface area contributed by atoms with Crippen molar-refractivity contribution in [2.45, 2.75) is 6.42 Å². The number of aliphatic carboxylic acids is 1. The zero-order chi connectivity index (χ0) is 25.0. The Bertz CT molecular complexity index is 455. The maximum absolute atomic E-state index is 10.8. The first-order chi connectivity index (χ1) is 16.7. The number of carboxylic acid groups (broad SMARTS) is 1. The van der Waals surface area contributed by atoms with Gasteiger partial charge in [0.1, 0.15) is 6.61 Å². The van der Waals surface area contributed by atoms with Crippen molar-refractivity contribution in [3.63, 3.8) is 0 Å². The molecule has 0 bridgehead atoms. The van der Waals surface area contributed by atoms with Crippen molar-refractivity contribution in [1.82, 2.24) is 5.32 Å². The third kappa shape index (κ3) is 28.6. The topological polar surface area (TPSA) is 160 Å². The molecule has 0 atom stereocenters. The summed E-state index contributed by atoms with van der Waals surface area (Å²) >= 11 is 0. The summed E-state index contributed by atoms with van der Waals surface area (Å²) in [6.45, 7) is 6.65. The van der Waals surface area contributed by atoms with Gasteiger partial charge in [-0.15, -0.1) is 0 Å². The molecule has 0 fully saturated rings. The second-order valence-electron chi connectivity index (χ2n) is 6.55. The Hall–Kier alpha value is -1.42. The van der Waals surface area contributed by atoms with Crippen LogP contribution in [-0.2, 0) is 47.5 Å². The van der Waals surface area contributed by atoms with Gasteiger partial charge in [0.25, 0.3) is 0 Å². The predicted molar refractivity (Wildman–Crippen MR) is 119 cm³/mol. The second kappa shape index (κ2) is 27.8. The largest absolute Gasteiger partial charge is 0.481 e. The Labute approximate surface area is 200 Å². The average molecular weight is 500 g/mol. The molecule has 3 N–H and O–H groups in total. The maximum Gasteiger partial charge on any atom is 0.305 e. The number of carboxylic acids is 1. The standard InChI is InChI=1S/C21H41NO12/c23-19-20(24)22-2-4-28-6-8-30-10-12-32-14-16-34-18-17-33-15-13-31-11-9-29-7-5-27-3-1-21(25)26/h23H,1-19H2,(H,22,24)(H,25,26). The van der Waals surface area contributed by atoms with E-state index in [0.717, 1.165) is 0 Å². The molecule has 0 aromatic rings. The van der Waals surface area contributed by atoms with Crippen LogP contribution in [0.25, 0.3) is 0 Å². The summed E-state index contributed by atoms with van der Waals surface area (Å²) in [7, 11) is 0. The van der Waals surface area contributed by atoms with Crippen LogP contribution < -0.4 is 5.32 Å². The first-order valence-electron chi connectivity index (χ1n) is 11.4. The molecular weight excluding hydrogens is 458 g/mol. The number of ether oxygens (including phenoxy) is 8. The Morgan fingerprint density at radius 2 is 0.794 bits per heavy atom. The van der Waals surface area contributed by atoms with Gasteiger partial charge in [-0.3, -0.25) is 9.59 Å². The molecule has 34 heavy (non-hydrogen) atoms. The number of hydrogen-bond acceptors (Lipinski definition) is 11. The van der Waals surface area contributed by atoms with Gasteiger partial charge in [-0.2, -0.15) is 0 Å². The van der Waals surface area contributed by atoms with Gasteiger partial charge in [0.2, 0.25) is 5.91 Å². The van der Waals surface area contributed by atoms with Crippen LogP contribution in [0.5, 0.6) is 0 Å². The van der Waals surface area contributed by atoms with Crippen molar-refractivity contribution < 1.29 is 57.7 Å². The van der Waals surface area contributed by atoms with Crippen LogP contribution in [-0.4, -0.2) is 141 Å². The number of nitrogens with one attached hydrogen (secondary N) is 1. The second-order valence-corrected chi connectivity index (χ2v) is 6.55. The Morgan fingerprint density at radius 1 is 0.500 bits per heavy atom. The van der Waals surface area contributed by atoms with Crippen molar-refractivity contribution in [2.75, 3.05) is 119 Å². The van der Waals surface area contributed by atoms with Crippen molar-refractivity contribution in [1.29, 1.82) is 0 Å². The van der Waals surface area contributed by atoms with Crippen LogP contribution in [0, 0.1) is 0 Å². The van der Waals surface area contributed by atoms with E-state index in [-0.39, 0.29) is 13.0 Å². The number of aliphatic hydroxyl groups is 1. The quantitative estimate of drug-likeness (QED) is 0.109. The molecule has 0 spiro atoms. The molecule has 0 rings (SSSR count). The molecule has 0 saturated carbocycles. The highest BCUT2D eigenvalue weighted by molar-refractivity contribution is 5.76. The van der Waals surface area contributed by atoms with E-state index in [0.29, 0.717) is 106 Å². The Balaban J connectivity index is 3.04. The minimum absolute atomic E-state index is 0.00533. The van der Waals surface area contributed by atoms with Crippen LogP contribution in [0.2, 0.25) is 0 Å². The Kier molecular flexibility index (Phi) is 26.7. The molecule has 0 aliphatic rings. The van der Waals surface area contributed by atoms with E-state index in [1.807, 2.05) is 0 Å². The van der Waals surface area contributed by atoms with Crippen molar-refractivity contribution in [2.24, 2.45) is 0 Å². The molecule has 0 heterocycles. The van der Waals surface area contributed by atoms with E-state index in [9.17, 15) is 9.59 Å². The fraction of sp³-hybridized carbons (Fsp3) is 0.905. The first-order valence-corrected chi connectivity index (χ1v) is 11.4. The molecule has 0 saturated heterocycles. The molecule has 13 heteroatoms. The van der Waals surface area contributed by atoms with Crippen LogP contribution >= 0.6 is 0 Å². The highest BCUT2D eigenvalue weighted by Gasteiger charge is 1.98. The lowest BCUT2D eigenvalue weighted by atomic mass is 10.5. The summed E-state index contributed by atoms with van der Waals surface area (Å²) in [5.41, 5.74) is 0. The molecule has 202 valence electrons. The minimum atomic E-state index is -0.878. The molecule has 13 nitrogen and oxygen atoms in total. The third-order valence-corrected chi connectivity index (χ3v) is 3.78. The van der Waals surface area contributed by atoms with Crippen molar-refractivity contribution in [3.8, 4) is 0 Å². The zero-order valence-electron chi connectivity index (χ0n) is 19.9. The number of amides is 1. The summed E-state index contributed by atoms with van der Waals surface area (Å²) in [4.78, 5) is 21.1. The summed E-state index contributed by atoms with van der Waals surface area (Å²) in [6.07, 6.45) is -0.00533. The molecule has 0 aromatic carbocycles. The maximum atomic E-state index is 10.8. The number of aliphatic hydroxyl groups excluding tert-OH is 1. The summed E-state index contributed by atoms with van der Waals surface area (Å²) in [5, 5.41) is 19.4. The first kappa shape index (κ1) is 32.6. The summed E-state index contributed by atoms with van der Waals surface area (Å²) in [6, 6.07) is 0. The smallest absolute Gasteiger partial charge is 0.305 e. The molecule has 0 aliphatic heterocycles. The third-order valence-electron chi connectivity index (χ3n) is 3.78. The van der Waals surface area contributed by atoms with Gasteiger partial charge < -0.3 is 53.4 Å². The van der Waals surface area contributed by atoms with Crippen LogP contribution in [0.15, 0.2) is 0 Å². The summed E-state index contributed by atoms with van der Waals surface area (Å²) < 4.78 is 42.5. The predicted octanol–water partition coefficient (Wildman–Crippen LogP) is -1.30. The van der Waals surface area contributed by atoms with Gasteiger partial charge in [0.15, 0.2) is 0 Å². The van der Waals surface area contributed by atoms with E-state index in [2.05, 4.69) is 5.32 Å². The molecular formula is C21H41NO12. The monoisotopic (exact) mass is 499 g/mol. The molecule has 0 unspecified atom stereocenters. The van der Waals surface area contributed by atoms with Crippen LogP contribution in [0.3, 0.4) is 0 Å². The fourth-order valence-corrected chi connectivity index (χ4v) is 2.12. The van der Waals surface area contributed by atoms with E-state index in [4.69, 9.17) is 48.1 Å². The van der Waals surface area contributed by atoms with E-state index >= 15 is 0 Å². The van der Waals surface area contributed by atoms with E-state index in [1.54, 1.807) is 0 Å². The normalized spacial score (nSPS) is 11.1. The molecule has 0 aromatic heterocycles. The lowest BCUT2D eigenvalue weighted by molar-refractivity contribution is -0.138. The van der Waals surface area contributed by atoms with E-state index < -0.39 is 18.5 Å². The number of rotatable bonds is 28. The highest BCUT2D eigenvalue weighted by atomic mass is 16.6. The SMILES string of the molecule is O=C(O)CCOCCOCCOCCOCCOCCOCCOCCOCCNC(=O)CO. The van der Waals surface area contributed by atoms with Crippen molar-refractivity contribution in [3.05, 3.63) is 0 Å². The zero-order valence-corrected chi connectivity index (χ0v) is 19.9. The Morgan fingerprint density at radius 3 is 1.09 bits per heavy atom. The molecule has 0 radical (unpaired) electrons. The highest BCUT2D eigenvalue weighted by Crippen LogP contribution is 1.86. The van der Waals surface area contributed by atoms with Crippen LogP contribution in [0.4, 0.5) is 0 Å². The molecule has 1 amide bonds. The van der Waals surface area contributed by atoms with Gasteiger partial charge in [-0.25, -0.2) is 0 Å². The lowest BCUT2D eigenvalue weighted by Gasteiger charge is -2.08. The lowest BCUT2D eigenvalue weighted by Crippen LogP contribution is -2.29. The van der Waals surface area contributed by atoms with E-state index in [1.165, 1.54) is 0 Å². The van der Waals surface area contributed by atoms with Gasteiger partial charge in [-0.05, 0) is 0 Å². The van der Waals surface area contributed by atoms with Gasteiger partial charge >= 0.3 is 5.97 Å². The number of carbonyl (C=O) groups excluding carboxylic acids is 1. The average Bonchev–Trinajstić information content (AvgIpc) is 2.83. The summed E-state index contributed by atoms with van der Waals surface area (Å²) in [5.74, 6) is -1.30. The minimum Gasteiger partial charge on any atom is -0.481 e. The van der Waals surface area contributed by atoms with Gasteiger partial charge in [-0.1, -0.05) is 0 Å².